The van der Waals surface area contributed by atoms with Gasteiger partial charge >= 0.3 is 0 Å². The first kappa shape index (κ1) is 21.2. The highest BCUT2D eigenvalue weighted by atomic mass is 16.1. The molecular formula is C23H36N6O. The zero-order chi connectivity index (χ0) is 21.3. The minimum atomic E-state index is -0.0495. The number of hydrogen-bond acceptors (Lipinski definition) is 5. The van der Waals surface area contributed by atoms with Gasteiger partial charge in [-0.2, -0.15) is 10.2 Å². The fourth-order valence-electron chi connectivity index (χ4n) is 4.57. The van der Waals surface area contributed by atoms with E-state index in [9.17, 15) is 4.79 Å². The largest absolute Gasteiger partial charge is 0.299 e. The molecule has 0 bridgehead atoms. The topological polar surface area (TPSA) is 59.2 Å². The second-order valence-electron chi connectivity index (χ2n) is 9.85. The number of fused-ring (bicyclic) bond motifs is 1. The van der Waals surface area contributed by atoms with Gasteiger partial charge in [-0.1, -0.05) is 20.8 Å². The predicted octanol–water partition coefficient (Wildman–Crippen LogP) is 1.97. The predicted molar refractivity (Wildman–Crippen MR) is 119 cm³/mol. The monoisotopic (exact) mass is 412 g/mol. The fraction of sp³-hybridized carbons (Fsp3) is 0.696. The quantitative estimate of drug-likeness (QED) is 0.752. The maximum atomic E-state index is 12.2. The van der Waals surface area contributed by atoms with Gasteiger partial charge in [0.05, 0.1) is 23.6 Å². The normalized spacial score (nSPS) is 18.5. The molecule has 0 atom stereocenters. The number of hydrogen-bond donors (Lipinski definition) is 0. The summed E-state index contributed by atoms with van der Waals surface area (Å²) in [6, 6.07) is 3.51. The maximum absolute atomic E-state index is 12.2. The van der Waals surface area contributed by atoms with Crippen LogP contribution in [0.15, 0.2) is 16.9 Å². The average molecular weight is 413 g/mol. The summed E-state index contributed by atoms with van der Waals surface area (Å²) in [5, 5.41) is 9.37. The molecule has 1 aliphatic heterocycles. The Kier molecular flexibility index (Phi) is 6.11. The minimum Gasteiger partial charge on any atom is -0.299 e. The highest BCUT2D eigenvalue weighted by Gasteiger charge is 2.23. The van der Waals surface area contributed by atoms with E-state index in [-0.39, 0.29) is 11.0 Å². The van der Waals surface area contributed by atoms with Crippen LogP contribution in [0.4, 0.5) is 0 Å². The second-order valence-corrected chi connectivity index (χ2v) is 9.85. The molecular weight excluding hydrogens is 376 g/mol. The maximum Gasteiger partial charge on any atom is 0.266 e. The molecule has 1 fully saturated rings. The molecule has 0 spiro atoms. The second kappa shape index (κ2) is 8.63. The van der Waals surface area contributed by atoms with Gasteiger partial charge in [-0.25, -0.2) is 4.68 Å². The zero-order valence-corrected chi connectivity index (χ0v) is 19.0. The van der Waals surface area contributed by atoms with Crippen molar-refractivity contribution in [2.75, 3.05) is 32.7 Å². The van der Waals surface area contributed by atoms with Gasteiger partial charge in [-0.15, -0.1) is 0 Å². The van der Waals surface area contributed by atoms with Gasteiger partial charge in [0.25, 0.3) is 5.56 Å². The standard InChI is InChI=1S/C23H36N6O/c1-23(2,3)21-9-10-22(30)29(25-21)16-15-27-11-13-28(14-12-27)17-20-18-7-5-6-8-19(18)24-26(20)4/h9-10H,5-8,11-17H2,1-4H3. The minimum absolute atomic E-state index is 0.0115. The van der Waals surface area contributed by atoms with Gasteiger partial charge in [0.1, 0.15) is 0 Å². The number of aryl methyl sites for hydroxylation is 2. The molecule has 1 saturated heterocycles. The van der Waals surface area contributed by atoms with Crippen molar-refractivity contribution in [1.29, 1.82) is 0 Å². The molecule has 1 aliphatic carbocycles. The Balaban J connectivity index is 1.31. The van der Waals surface area contributed by atoms with Crippen molar-refractivity contribution in [2.24, 2.45) is 7.05 Å². The van der Waals surface area contributed by atoms with Crippen LogP contribution >= 0.6 is 0 Å². The summed E-state index contributed by atoms with van der Waals surface area (Å²) in [7, 11) is 2.10. The highest BCUT2D eigenvalue weighted by Crippen LogP contribution is 2.25. The third-order valence-corrected chi connectivity index (χ3v) is 6.55. The Hall–Kier alpha value is -1.99. The lowest BCUT2D eigenvalue weighted by atomic mass is 9.92. The number of aromatic nitrogens is 4. The summed E-state index contributed by atoms with van der Waals surface area (Å²) in [6.45, 7) is 13.1. The summed E-state index contributed by atoms with van der Waals surface area (Å²) >= 11 is 0. The van der Waals surface area contributed by atoms with E-state index in [1.54, 1.807) is 10.7 Å². The molecule has 2 aromatic heterocycles. The summed E-state index contributed by atoms with van der Waals surface area (Å²) < 4.78 is 3.75. The molecule has 3 heterocycles. The molecule has 0 saturated carbocycles. The van der Waals surface area contributed by atoms with E-state index in [4.69, 9.17) is 5.10 Å². The summed E-state index contributed by atoms with van der Waals surface area (Å²) in [5.41, 5.74) is 5.15. The molecule has 0 radical (unpaired) electrons. The molecule has 4 rings (SSSR count). The number of rotatable bonds is 5. The zero-order valence-electron chi connectivity index (χ0n) is 19.0. The molecule has 7 heteroatoms. The molecule has 0 amide bonds. The lowest BCUT2D eigenvalue weighted by Crippen LogP contribution is -2.47. The first-order valence-electron chi connectivity index (χ1n) is 11.4. The van der Waals surface area contributed by atoms with Crippen molar-refractivity contribution in [2.45, 2.75) is 65.0 Å². The first-order chi connectivity index (χ1) is 14.3. The molecule has 7 nitrogen and oxygen atoms in total. The third kappa shape index (κ3) is 4.67. The lowest BCUT2D eigenvalue weighted by molar-refractivity contribution is 0.120. The Bertz CT molecular complexity index is 930. The fourth-order valence-corrected chi connectivity index (χ4v) is 4.57. The number of nitrogens with zero attached hydrogens (tertiary/aromatic N) is 6. The van der Waals surface area contributed by atoms with Crippen molar-refractivity contribution in [3.63, 3.8) is 0 Å². The van der Waals surface area contributed by atoms with Gasteiger partial charge in [-0.3, -0.25) is 19.3 Å². The molecule has 0 unspecified atom stereocenters. The van der Waals surface area contributed by atoms with Gasteiger partial charge < -0.3 is 0 Å². The van der Waals surface area contributed by atoms with Crippen LogP contribution < -0.4 is 5.56 Å². The van der Waals surface area contributed by atoms with Gasteiger partial charge in [0.2, 0.25) is 0 Å². The van der Waals surface area contributed by atoms with E-state index in [1.165, 1.54) is 36.2 Å². The van der Waals surface area contributed by atoms with Gasteiger partial charge in [-0.05, 0) is 37.3 Å². The first-order valence-corrected chi connectivity index (χ1v) is 11.4. The smallest absolute Gasteiger partial charge is 0.266 e. The van der Waals surface area contributed by atoms with Crippen molar-refractivity contribution < 1.29 is 0 Å². The summed E-state index contributed by atoms with van der Waals surface area (Å²) in [4.78, 5) is 17.2. The van der Waals surface area contributed by atoms with Crippen LogP contribution in [0.25, 0.3) is 0 Å². The molecule has 2 aliphatic rings. The molecule has 30 heavy (non-hydrogen) atoms. The van der Waals surface area contributed by atoms with Crippen LogP contribution in [0.1, 0.15) is 56.3 Å². The van der Waals surface area contributed by atoms with Crippen LogP contribution in [0, 0.1) is 0 Å². The Morgan fingerprint density at radius 1 is 0.933 bits per heavy atom. The van der Waals surface area contributed by atoms with Crippen molar-refractivity contribution in [3.8, 4) is 0 Å². The third-order valence-electron chi connectivity index (χ3n) is 6.55. The molecule has 164 valence electrons. The van der Waals surface area contributed by atoms with Crippen LogP contribution in [-0.4, -0.2) is 62.1 Å². The van der Waals surface area contributed by atoms with Gasteiger partial charge in [0.15, 0.2) is 0 Å². The van der Waals surface area contributed by atoms with Crippen LogP contribution in [0.3, 0.4) is 0 Å². The van der Waals surface area contributed by atoms with E-state index >= 15 is 0 Å². The molecule has 0 aromatic carbocycles. The SMILES string of the molecule is Cn1nc2c(c1CN1CCN(CCn3nc(C(C)(C)C)ccc3=O)CC1)CCCC2. The molecule has 0 N–H and O–H groups in total. The van der Waals surface area contributed by atoms with Crippen molar-refractivity contribution in [1.82, 2.24) is 29.4 Å². The van der Waals surface area contributed by atoms with E-state index in [0.29, 0.717) is 6.54 Å². The Labute approximate surface area is 179 Å². The Morgan fingerprint density at radius 3 is 2.37 bits per heavy atom. The lowest BCUT2D eigenvalue weighted by Gasteiger charge is -2.35. The van der Waals surface area contributed by atoms with E-state index in [2.05, 4.69) is 47.4 Å². The van der Waals surface area contributed by atoms with Crippen LogP contribution in [0.2, 0.25) is 0 Å². The van der Waals surface area contributed by atoms with E-state index in [1.807, 2.05) is 6.07 Å². The summed E-state index contributed by atoms with van der Waals surface area (Å²) in [5.74, 6) is 0. The van der Waals surface area contributed by atoms with E-state index < -0.39 is 0 Å². The van der Waals surface area contributed by atoms with E-state index in [0.717, 1.165) is 51.4 Å². The van der Waals surface area contributed by atoms with Crippen LogP contribution in [-0.2, 0) is 38.4 Å². The van der Waals surface area contributed by atoms with Gasteiger partial charge in [0, 0.05) is 57.8 Å². The number of piperazine rings is 1. The Morgan fingerprint density at radius 2 is 1.63 bits per heavy atom. The van der Waals surface area contributed by atoms with Crippen molar-refractivity contribution in [3.05, 3.63) is 45.1 Å². The highest BCUT2D eigenvalue weighted by molar-refractivity contribution is 5.28. The average Bonchev–Trinajstić information content (AvgIpc) is 3.03. The molecule has 2 aromatic rings. The van der Waals surface area contributed by atoms with Crippen molar-refractivity contribution >= 4 is 0 Å². The summed E-state index contributed by atoms with van der Waals surface area (Å²) in [6.07, 6.45) is 4.90. The van der Waals surface area contributed by atoms with Crippen LogP contribution in [0.5, 0.6) is 0 Å².